The van der Waals surface area contributed by atoms with Crippen LogP contribution in [0, 0.1) is 11.3 Å². The van der Waals surface area contributed by atoms with Crippen molar-refractivity contribution in [2.75, 3.05) is 13.2 Å². The van der Waals surface area contributed by atoms with E-state index in [2.05, 4.69) is 19.9 Å². The number of nitriles is 1. The van der Waals surface area contributed by atoms with E-state index in [1.165, 1.54) is 5.56 Å². The summed E-state index contributed by atoms with van der Waals surface area (Å²) in [6.07, 6.45) is 0.880. The van der Waals surface area contributed by atoms with Crippen molar-refractivity contribution in [1.82, 2.24) is 4.90 Å². The molecule has 0 aliphatic heterocycles. The smallest absolute Gasteiger partial charge is 0.260 e. The summed E-state index contributed by atoms with van der Waals surface area (Å²) in [6.45, 7) is 7.56. The second-order valence-corrected chi connectivity index (χ2v) is 6.64. The number of ether oxygens (including phenoxy) is 1. The van der Waals surface area contributed by atoms with Crippen LogP contribution in [0.1, 0.15) is 49.8 Å². The van der Waals surface area contributed by atoms with Crippen molar-refractivity contribution in [3.63, 3.8) is 0 Å². The van der Waals surface area contributed by atoms with Gasteiger partial charge in [0.2, 0.25) is 0 Å². The van der Waals surface area contributed by atoms with Crippen molar-refractivity contribution in [2.45, 2.75) is 39.7 Å². The van der Waals surface area contributed by atoms with Crippen molar-refractivity contribution in [3.8, 4) is 11.8 Å². The summed E-state index contributed by atoms with van der Waals surface area (Å²) >= 11 is 0. The monoisotopic (exact) mass is 350 g/mol. The van der Waals surface area contributed by atoms with E-state index in [1.807, 2.05) is 43.3 Å². The molecular formula is C22H26N2O2. The van der Waals surface area contributed by atoms with E-state index < -0.39 is 0 Å². The van der Waals surface area contributed by atoms with Crippen LogP contribution in [0.5, 0.6) is 5.75 Å². The molecule has 0 aliphatic rings. The van der Waals surface area contributed by atoms with E-state index in [1.54, 1.807) is 17.0 Å². The highest BCUT2D eigenvalue weighted by Gasteiger charge is 2.14. The van der Waals surface area contributed by atoms with E-state index in [0.29, 0.717) is 30.3 Å². The normalized spacial score (nSPS) is 10.4. The summed E-state index contributed by atoms with van der Waals surface area (Å²) in [6, 6.07) is 17.3. The molecule has 0 aliphatic carbocycles. The first-order chi connectivity index (χ1) is 12.5. The fraction of sp³-hybridized carbons (Fsp3) is 0.364. The van der Waals surface area contributed by atoms with Crippen molar-refractivity contribution < 1.29 is 9.53 Å². The molecule has 0 saturated heterocycles. The fourth-order valence-corrected chi connectivity index (χ4v) is 2.65. The zero-order valence-electron chi connectivity index (χ0n) is 15.7. The van der Waals surface area contributed by atoms with Gasteiger partial charge in [-0.3, -0.25) is 4.79 Å². The Hall–Kier alpha value is -2.80. The summed E-state index contributed by atoms with van der Waals surface area (Å²) in [4.78, 5) is 14.4. The molecule has 0 radical (unpaired) electrons. The van der Waals surface area contributed by atoms with Crippen molar-refractivity contribution in [3.05, 3.63) is 65.2 Å². The molecule has 2 rings (SSSR count). The van der Waals surface area contributed by atoms with E-state index in [4.69, 9.17) is 10.00 Å². The van der Waals surface area contributed by atoms with Gasteiger partial charge in [0, 0.05) is 13.1 Å². The Morgan fingerprint density at radius 3 is 2.31 bits per heavy atom. The van der Waals surface area contributed by atoms with Gasteiger partial charge in [-0.15, -0.1) is 0 Å². The summed E-state index contributed by atoms with van der Waals surface area (Å²) in [7, 11) is 0. The highest BCUT2D eigenvalue weighted by atomic mass is 16.5. The minimum atomic E-state index is -0.0378. The quantitative estimate of drug-likeness (QED) is 0.704. The Morgan fingerprint density at radius 1 is 1.12 bits per heavy atom. The van der Waals surface area contributed by atoms with E-state index in [0.717, 1.165) is 12.0 Å². The third kappa shape index (κ3) is 5.63. The zero-order chi connectivity index (χ0) is 18.9. The molecule has 0 N–H and O–H groups in total. The van der Waals surface area contributed by atoms with E-state index >= 15 is 0 Å². The van der Waals surface area contributed by atoms with Crippen LogP contribution in [0.4, 0.5) is 0 Å². The SMILES string of the molecule is CCCN(Cc1ccc(C#N)cc1)C(=O)COc1ccc(C(C)C)cc1. The van der Waals surface area contributed by atoms with Gasteiger partial charge in [0.25, 0.3) is 5.91 Å². The summed E-state index contributed by atoms with van der Waals surface area (Å²) in [5, 5.41) is 8.88. The first kappa shape index (κ1) is 19.5. The van der Waals surface area contributed by atoms with E-state index in [-0.39, 0.29) is 12.5 Å². The molecule has 2 aromatic rings. The van der Waals surface area contributed by atoms with Crippen LogP contribution in [0.15, 0.2) is 48.5 Å². The molecule has 1 amide bonds. The minimum absolute atomic E-state index is 0.0251. The number of nitrogens with zero attached hydrogens (tertiary/aromatic N) is 2. The highest BCUT2D eigenvalue weighted by Crippen LogP contribution is 2.18. The second kappa shape index (κ2) is 9.62. The van der Waals surface area contributed by atoms with Crippen LogP contribution in [0.2, 0.25) is 0 Å². The maximum absolute atomic E-state index is 12.6. The molecule has 0 atom stereocenters. The standard InChI is InChI=1S/C22H26N2O2/c1-4-13-24(15-19-7-5-18(14-23)6-8-19)22(25)16-26-21-11-9-20(10-12-21)17(2)3/h5-12,17H,4,13,15-16H2,1-3H3. The van der Waals surface area contributed by atoms with Gasteiger partial charge in [-0.2, -0.15) is 5.26 Å². The molecule has 26 heavy (non-hydrogen) atoms. The molecule has 0 fully saturated rings. The largest absolute Gasteiger partial charge is 0.484 e. The summed E-state index contributed by atoms with van der Waals surface area (Å²) in [5.74, 6) is 1.14. The molecular weight excluding hydrogens is 324 g/mol. The maximum Gasteiger partial charge on any atom is 0.260 e. The Labute approximate surface area is 156 Å². The van der Waals surface area contributed by atoms with Gasteiger partial charge in [-0.25, -0.2) is 0 Å². The molecule has 0 spiro atoms. The molecule has 136 valence electrons. The Kier molecular flexibility index (Phi) is 7.23. The average Bonchev–Trinajstić information content (AvgIpc) is 2.66. The number of carbonyl (C=O) groups excluding carboxylic acids is 1. The lowest BCUT2D eigenvalue weighted by atomic mass is 10.0. The average molecular weight is 350 g/mol. The first-order valence-electron chi connectivity index (χ1n) is 9.03. The van der Waals surface area contributed by atoms with Crippen molar-refractivity contribution in [2.24, 2.45) is 0 Å². The van der Waals surface area contributed by atoms with Gasteiger partial charge in [-0.05, 0) is 47.7 Å². The lowest BCUT2D eigenvalue weighted by molar-refractivity contribution is -0.134. The molecule has 2 aromatic carbocycles. The third-order valence-electron chi connectivity index (χ3n) is 4.21. The maximum atomic E-state index is 12.6. The van der Waals surface area contributed by atoms with Crippen LogP contribution < -0.4 is 4.74 Å². The van der Waals surface area contributed by atoms with Crippen LogP contribution >= 0.6 is 0 Å². The summed E-state index contributed by atoms with van der Waals surface area (Å²) < 4.78 is 5.67. The number of carbonyl (C=O) groups is 1. The van der Waals surface area contributed by atoms with Crippen molar-refractivity contribution in [1.29, 1.82) is 5.26 Å². The van der Waals surface area contributed by atoms with Gasteiger partial charge in [0.05, 0.1) is 11.6 Å². The Balaban J connectivity index is 1.95. The molecule has 0 unspecified atom stereocenters. The molecule has 0 bridgehead atoms. The number of amides is 1. The predicted octanol–water partition coefficient (Wildman–Crippen LogP) is 4.50. The van der Waals surface area contributed by atoms with Crippen LogP contribution in [0.25, 0.3) is 0 Å². The van der Waals surface area contributed by atoms with Gasteiger partial charge >= 0.3 is 0 Å². The molecule has 0 aromatic heterocycles. The zero-order valence-corrected chi connectivity index (χ0v) is 15.7. The van der Waals surface area contributed by atoms with Crippen LogP contribution in [0.3, 0.4) is 0 Å². The second-order valence-electron chi connectivity index (χ2n) is 6.64. The lowest BCUT2D eigenvalue weighted by Gasteiger charge is -2.22. The molecule has 0 saturated carbocycles. The molecule has 4 nitrogen and oxygen atoms in total. The van der Waals surface area contributed by atoms with Gasteiger partial charge in [0.1, 0.15) is 5.75 Å². The summed E-state index contributed by atoms with van der Waals surface area (Å²) in [5.41, 5.74) is 2.87. The van der Waals surface area contributed by atoms with E-state index in [9.17, 15) is 4.79 Å². The number of benzene rings is 2. The highest BCUT2D eigenvalue weighted by molar-refractivity contribution is 5.77. The molecule has 0 heterocycles. The Bertz CT molecular complexity index is 743. The number of hydrogen-bond donors (Lipinski definition) is 0. The van der Waals surface area contributed by atoms with Gasteiger partial charge < -0.3 is 9.64 Å². The topological polar surface area (TPSA) is 53.3 Å². The lowest BCUT2D eigenvalue weighted by Crippen LogP contribution is -2.35. The minimum Gasteiger partial charge on any atom is -0.484 e. The van der Waals surface area contributed by atoms with Crippen LogP contribution in [-0.2, 0) is 11.3 Å². The molecule has 4 heteroatoms. The fourth-order valence-electron chi connectivity index (χ4n) is 2.65. The van der Waals surface area contributed by atoms with Crippen LogP contribution in [-0.4, -0.2) is 24.0 Å². The van der Waals surface area contributed by atoms with Crippen molar-refractivity contribution >= 4 is 5.91 Å². The predicted molar refractivity (Wildman–Crippen MR) is 103 cm³/mol. The van der Waals surface area contributed by atoms with Gasteiger partial charge in [-0.1, -0.05) is 45.0 Å². The Morgan fingerprint density at radius 2 is 1.77 bits per heavy atom. The number of hydrogen-bond acceptors (Lipinski definition) is 3. The van der Waals surface area contributed by atoms with Gasteiger partial charge in [0.15, 0.2) is 6.61 Å². The number of rotatable bonds is 8. The third-order valence-corrected chi connectivity index (χ3v) is 4.21. The first-order valence-corrected chi connectivity index (χ1v) is 9.03.